The van der Waals surface area contributed by atoms with Gasteiger partial charge in [-0.05, 0) is 89.4 Å². The molecule has 0 radical (unpaired) electrons. The van der Waals surface area contributed by atoms with E-state index in [9.17, 15) is 31.1 Å². The summed E-state index contributed by atoms with van der Waals surface area (Å²) in [6, 6.07) is 28.7. The number of nitrogens with one attached hydrogen (secondary N) is 2. The number of fused-ring (bicyclic) bond motifs is 3. The minimum absolute atomic E-state index is 0.300. The van der Waals surface area contributed by atoms with Crippen LogP contribution in [0.1, 0.15) is 57.6 Å². The van der Waals surface area contributed by atoms with Gasteiger partial charge in [0.15, 0.2) is 0 Å². The zero-order valence-electron chi connectivity index (χ0n) is 27.8. The predicted molar refractivity (Wildman–Crippen MR) is 187 cm³/mol. The molecule has 5 aromatic rings. The van der Waals surface area contributed by atoms with Crippen molar-refractivity contribution >= 4 is 11.6 Å². The van der Waals surface area contributed by atoms with Crippen molar-refractivity contribution in [1.29, 1.82) is 0 Å². The van der Waals surface area contributed by atoms with Crippen LogP contribution in [0.2, 0.25) is 0 Å². The molecule has 262 valence electrons. The van der Waals surface area contributed by atoms with Gasteiger partial charge in [0, 0.05) is 17.0 Å². The maximum Gasteiger partial charge on any atom is 0.416 e. The van der Waals surface area contributed by atoms with E-state index < -0.39 is 35.8 Å². The molecule has 0 saturated carbocycles. The molecule has 0 atom stereocenters. The Balaban J connectivity index is 1.15. The number of carbonyl (C=O) groups excluding carboxylic acids is 1. The monoisotopic (exact) mass is 699 g/mol. The van der Waals surface area contributed by atoms with Gasteiger partial charge >= 0.3 is 12.4 Å². The van der Waals surface area contributed by atoms with Gasteiger partial charge in [0.2, 0.25) is 0 Å². The molecule has 0 spiro atoms. The van der Waals surface area contributed by atoms with Crippen LogP contribution in [0.15, 0.2) is 122 Å². The molecule has 0 aliphatic heterocycles. The first-order chi connectivity index (χ1) is 24.3. The second kappa shape index (κ2) is 14.1. The number of aromatic nitrogens is 1. The lowest BCUT2D eigenvalue weighted by molar-refractivity contribution is -0.137. The zero-order chi connectivity index (χ0) is 36.4. The second-order valence-corrected chi connectivity index (χ2v) is 12.7. The van der Waals surface area contributed by atoms with Crippen LogP contribution in [-0.2, 0) is 18.0 Å². The summed E-state index contributed by atoms with van der Waals surface area (Å²) in [7, 11) is 0. The highest BCUT2D eigenvalue weighted by atomic mass is 19.4. The van der Waals surface area contributed by atoms with Crippen LogP contribution in [0.5, 0.6) is 0 Å². The second-order valence-electron chi connectivity index (χ2n) is 12.7. The molecule has 0 bridgehead atoms. The number of amides is 1. The number of halogens is 6. The Hall–Kier alpha value is -5.38. The molecule has 1 aliphatic rings. The Morgan fingerprint density at radius 1 is 0.784 bits per heavy atom. The number of allylic oxidation sites excluding steroid dienone is 1. The van der Waals surface area contributed by atoms with Crippen molar-refractivity contribution < 1.29 is 31.1 Å². The number of aryl methyl sites for hydroxylation is 2. The van der Waals surface area contributed by atoms with E-state index in [2.05, 4.69) is 22.2 Å². The van der Waals surface area contributed by atoms with Crippen LogP contribution in [-0.4, -0.2) is 23.6 Å². The number of nitrogens with zero attached hydrogens (tertiary/aromatic N) is 1. The van der Waals surface area contributed by atoms with Gasteiger partial charge < -0.3 is 10.6 Å². The minimum Gasteiger partial charge on any atom is -0.379 e. The van der Waals surface area contributed by atoms with E-state index in [1.165, 1.54) is 12.1 Å². The van der Waals surface area contributed by atoms with Crippen molar-refractivity contribution in [1.82, 2.24) is 10.3 Å². The van der Waals surface area contributed by atoms with Crippen LogP contribution in [0.4, 0.5) is 32.0 Å². The lowest BCUT2D eigenvalue weighted by Gasteiger charge is -2.35. The molecule has 6 rings (SSSR count). The normalized spacial score (nSPS) is 13.3. The Bertz CT molecular complexity index is 2020. The van der Waals surface area contributed by atoms with Gasteiger partial charge in [0.1, 0.15) is 6.54 Å². The quantitative estimate of drug-likeness (QED) is 0.107. The highest BCUT2D eigenvalue weighted by Gasteiger charge is 2.45. The number of hydrogen-bond acceptors (Lipinski definition) is 3. The third kappa shape index (κ3) is 7.41. The van der Waals surface area contributed by atoms with Crippen molar-refractivity contribution in [2.75, 3.05) is 11.9 Å². The van der Waals surface area contributed by atoms with Gasteiger partial charge in [0.25, 0.3) is 5.91 Å². The van der Waals surface area contributed by atoms with Crippen LogP contribution in [0, 0.1) is 6.92 Å². The summed E-state index contributed by atoms with van der Waals surface area (Å²) < 4.78 is 79.1. The summed E-state index contributed by atoms with van der Waals surface area (Å²) in [5.74, 6) is -0.429. The SMILES string of the molecule is C=C(NCC(F)(F)F)C1(CCCCc2ncc(NC(=O)c3ccccc3-c3ccc(C(F)(F)F)cc3)cc2C)c2ccccc2-c2ccccc21. The predicted octanol–water partition coefficient (Wildman–Crippen LogP) is 10.7. The zero-order valence-corrected chi connectivity index (χ0v) is 27.8. The molecule has 0 fully saturated rings. The molecular formula is C41H35F6N3O. The van der Waals surface area contributed by atoms with E-state index in [0.717, 1.165) is 45.6 Å². The van der Waals surface area contributed by atoms with E-state index in [-0.39, 0.29) is 0 Å². The van der Waals surface area contributed by atoms with E-state index in [4.69, 9.17) is 0 Å². The highest BCUT2D eigenvalue weighted by Crippen LogP contribution is 2.54. The van der Waals surface area contributed by atoms with Gasteiger partial charge in [-0.25, -0.2) is 0 Å². The molecule has 51 heavy (non-hydrogen) atoms. The number of pyridine rings is 1. The van der Waals surface area contributed by atoms with Crippen molar-refractivity contribution in [2.45, 2.75) is 50.4 Å². The Morgan fingerprint density at radius 3 is 1.96 bits per heavy atom. The van der Waals surface area contributed by atoms with E-state index in [0.29, 0.717) is 53.8 Å². The van der Waals surface area contributed by atoms with Gasteiger partial charge in [0.05, 0.1) is 22.9 Å². The molecule has 10 heteroatoms. The number of hydrogen-bond donors (Lipinski definition) is 2. The molecule has 2 N–H and O–H groups in total. The molecule has 4 aromatic carbocycles. The molecule has 1 amide bonds. The van der Waals surface area contributed by atoms with Crippen LogP contribution in [0.25, 0.3) is 22.3 Å². The molecule has 0 unspecified atom stereocenters. The maximum absolute atomic E-state index is 13.3. The number of carbonyl (C=O) groups is 1. The standard InChI is InChI=1S/C41H35F6N3O/c1-26-23-30(50-38(51)34-14-4-3-11-31(34)28-18-20-29(21-19-28)41(45,46)47)24-48-37(26)17-9-10-22-39(27(2)49-25-40(42,43)44)35-15-7-5-12-32(35)33-13-6-8-16-36(33)39/h3-8,11-16,18-21,23-24,49H,2,9-10,17,22,25H2,1H3,(H,50,51). The number of unbranched alkanes of at least 4 members (excludes halogenated alkanes) is 1. The maximum atomic E-state index is 13.3. The molecule has 1 aromatic heterocycles. The van der Waals surface area contributed by atoms with E-state index in [1.54, 1.807) is 30.5 Å². The fraction of sp³-hybridized carbons (Fsp3) is 0.220. The molecule has 0 saturated heterocycles. The van der Waals surface area contributed by atoms with Crippen LogP contribution < -0.4 is 10.6 Å². The minimum atomic E-state index is -4.46. The Labute approximate surface area is 292 Å². The average Bonchev–Trinajstić information content (AvgIpc) is 3.39. The topological polar surface area (TPSA) is 54.0 Å². The summed E-state index contributed by atoms with van der Waals surface area (Å²) in [5, 5.41) is 5.46. The van der Waals surface area contributed by atoms with Gasteiger partial charge in [-0.15, -0.1) is 0 Å². The fourth-order valence-electron chi connectivity index (χ4n) is 7.01. The van der Waals surface area contributed by atoms with E-state index in [1.807, 2.05) is 61.5 Å². The fourth-order valence-corrected chi connectivity index (χ4v) is 7.01. The largest absolute Gasteiger partial charge is 0.416 e. The lowest BCUT2D eigenvalue weighted by Crippen LogP contribution is -2.39. The summed E-state index contributed by atoms with van der Waals surface area (Å²) >= 11 is 0. The Morgan fingerprint density at radius 2 is 1.37 bits per heavy atom. The number of benzene rings is 4. The van der Waals surface area contributed by atoms with Crippen molar-refractivity contribution in [3.05, 3.63) is 155 Å². The first kappa shape index (κ1) is 35.4. The average molecular weight is 700 g/mol. The van der Waals surface area contributed by atoms with Gasteiger partial charge in [-0.3, -0.25) is 9.78 Å². The highest BCUT2D eigenvalue weighted by molar-refractivity contribution is 6.08. The summed E-state index contributed by atoms with van der Waals surface area (Å²) in [4.78, 5) is 17.9. The smallest absolute Gasteiger partial charge is 0.379 e. The molecule has 1 aliphatic carbocycles. The number of alkyl halides is 6. The van der Waals surface area contributed by atoms with Crippen molar-refractivity contribution in [3.63, 3.8) is 0 Å². The summed E-state index contributed by atoms with van der Waals surface area (Å²) in [6.45, 7) is 4.87. The van der Waals surface area contributed by atoms with Gasteiger partial charge in [-0.2, -0.15) is 26.3 Å². The van der Waals surface area contributed by atoms with Crippen molar-refractivity contribution in [3.8, 4) is 22.3 Å². The first-order valence-electron chi connectivity index (χ1n) is 16.5. The third-order valence-corrected chi connectivity index (χ3v) is 9.44. The van der Waals surface area contributed by atoms with Gasteiger partial charge in [-0.1, -0.05) is 91.9 Å². The van der Waals surface area contributed by atoms with Crippen LogP contribution in [0.3, 0.4) is 0 Å². The molecule has 1 heterocycles. The van der Waals surface area contributed by atoms with Crippen molar-refractivity contribution in [2.24, 2.45) is 0 Å². The van der Waals surface area contributed by atoms with E-state index >= 15 is 0 Å². The first-order valence-corrected chi connectivity index (χ1v) is 16.5. The molecular weight excluding hydrogens is 664 g/mol. The summed E-state index contributed by atoms with van der Waals surface area (Å²) in [5.41, 5.74) is 5.95. The third-order valence-electron chi connectivity index (χ3n) is 9.44. The summed E-state index contributed by atoms with van der Waals surface area (Å²) in [6.07, 6.45) is -4.76. The lowest BCUT2D eigenvalue weighted by atomic mass is 9.71. The molecule has 4 nitrogen and oxygen atoms in total. The van der Waals surface area contributed by atoms with Crippen LogP contribution >= 0.6 is 0 Å². The number of rotatable bonds is 11. The number of anilines is 1. The Kier molecular flexibility index (Phi) is 9.79.